The van der Waals surface area contributed by atoms with Crippen LogP contribution in [0.4, 0.5) is 5.82 Å². The number of benzene rings is 2. The van der Waals surface area contributed by atoms with Crippen LogP contribution in [0, 0.1) is 0 Å². The van der Waals surface area contributed by atoms with E-state index in [0.29, 0.717) is 12.0 Å². The zero-order valence-corrected chi connectivity index (χ0v) is 18.5. The monoisotopic (exact) mass is 476 g/mol. The van der Waals surface area contributed by atoms with Crippen molar-refractivity contribution < 1.29 is 9.90 Å². The Morgan fingerprint density at radius 2 is 1.84 bits per heavy atom. The number of aromatic carboxylic acids is 1. The minimum Gasteiger partial charge on any atom is -0.478 e. The molecule has 6 nitrogen and oxygen atoms in total. The van der Waals surface area contributed by atoms with Crippen LogP contribution in [0.25, 0.3) is 11.3 Å². The van der Waals surface area contributed by atoms with Gasteiger partial charge in [-0.1, -0.05) is 42.5 Å². The Hall–Kier alpha value is -3.45. The van der Waals surface area contributed by atoms with Gasteiger partial charge in [-0.05, 0) is 50.8 Å². The largest absolute Gasteiger partial charge is 0.478 e. The first kappa shape index (κ1) is 20.8. The lowest BCUT2D eigenvalue weighted by Crippen LogP contribution is -2.18. The molecular formula is C24H21BrN4O2. The summed E-state index contributed by atoms with van der Waals surface area (Å²) in [4.78, 5) is 18.0. The second kappa shape index (κ2) is 9.14. The zero-order chi connectivity index (χ0) is 21.8. The summed E-state index contributed by atoms with van der Waals surface area (Å²) in [5.74, 6) is -0.0341. The maximum Gasteiger partial charge on any atom is 0.335 e. The summed E-state index contributed by atoms with van der Waals surface area (Å²) in [6, 6.07) is 19.2. The lowest BCUT2D eigenvalue weighted by atomic mass is 9.97. The van der Waals surface area contributed by atoms with E-state index in [1.165, 1.54) is 0 Å². The molecule has 4 rings (SSSR count). The van der Waals surface area contributed by atoms with Gasteiger partial charge in [-0.3, -0.25) is 5.10 Å². The topological polar surface area (TPSA) is 82.1 Å². The first-order valence-corrected chi connectivity index (χ1v) is 10.6. The predicted octanol–water partition coefficient (Wildman–Crippen LogP) is 5.16. The van der Waals surface area contributed by atoms with Crippen LogP contribution >= 0.6 is 15.9 Å². The van der Waals surface area contributed by atoms with Gasteiger partial charge in [0, 0.05) is 31.8 Å². The molecule has 7 heteroatoms. The summed E-state index contributed by atoms with van der Waals surface area (Å²) in [6.45, 7) is 0.720. The Morgan fingerprint density at radius 3 is 2.58 bits per heavy atom. The van der Waals surface area contributed by atoms with E-state index >= 15 is 0 Å². The van der Waals surface area contributed by atoms with Gasteiger partial charge in [0.2, 0.25) is 0 Å². The molecule has 2 aromatic heterocycles. The van der Waals surface area contributed by atoms with Gasteiger partial charge in [0.25, 0.3) is 0 Å². The number of nitrogens with zero attached hydrogens (tertiary/aromatic N) is 3. The van der Waals surface area contributed by atoms with E-state index in [1.807, 2.05) is 31.3 Å². The number of carboxylic acids is 1. The fraction of sp³-hybridized carbons (Fsp3) is 0.125. The number of H-pyrrole nitrogens is 1. The molecule has 0 amide bonds. The molecular weight excluding hydrogens is 456 g/mol. The van der Waals surface area contributed by atoms with Crippen molar-refractivity contribution in [3.63, 3.8) is 0 Å². The Kier molecular flexibility index (Phi) is 6.13. The Labute approximate surface area is 188 Å². The van der Waals surface area contributed by atoms with Crippen LogP contribution in [-0.4, -0.2) is 33.3 Å². The quantitative estimate of drug-likeness (QED) is 0.384. The molecule has 0 saturated heterocycles. The molecule has 31 heavy (non-hydrogen) atoms. The summed E-state index contributed by atoms with van der Waals surface area (Å²) >= 11 is 3.55. The molecule has 0 spiro atoms. The molecule has 0 radical (unpaired) electrons. The number of aromatic amines is 1. The minimum atomic E-state index is -0.923. The number of hydrogen-bond donors (Lipinski definition) is 2. The summed E-state index contributed by atoms with van der Waals surface area (Å²) in [5, 5.41) is 16.7. The molecule has 0 aliphatic heterocycles. The predicted molar refractivity (Wildman–Crippen MR) is 124 cm³/mol. The van der Waals surface area contributed by atoms with E-state index in [4.69, 9.17) is 0 Å². The summed E-state index contributed by atoms with van der Waals surface area (Å²) < 4.78 is 0.956. The molecule has 2 N–H and O–H groups in total. The van der Waals surface area contributed by atoms with Crippen LogP contribution in [0.5, 0.6) is 0 Å². The number of aromatic nitrogens is 3. The van der Waals surface area contributed by atoms with Crippen LogP contribution in [-0.2, 0) is 13.0 Å². The maximum absolute atomic E-state index is 11.5. The fourth-order valence-corrected chi connectivity index (χ4v) is 4.12. The Morgan fingerprint density at radius 1 is 1.06 bits per heavy atom. The van der Waals surface area contributed by atoms with Crippen molar-refractivity contribution >= 4 is 27.7 Å². The first-order chi connectivity index (χ1) is 15.0. The highest BCUT2D eigenvalue weighted by atomic mass is 79.9. The SMILES string of the molecule is CN(Cc1ccc(-c2[nH]ncc2Cc2ccccc2C(=O)O)cc1)c1ncccc1Br. The average molecular weight is 477 g/mol. The molecule has 0 aliphatic carbocycles. The van der Waals surface area contributed by atoms with Crippen LogP contribution in [0.2, 0.25) is 0 Å². The van der Waals surface area contributed by atoms with Crippen molar-refractivity contribution in [1.82, 2.24) is 15.2 Å². The molecule has 4 aromatic rings. The van der Waals surface area contributed by atoms with Gasteiger partial charge in [0.1, 0.15) is 5.82 Å². The van der Waals surface area contributed by atoms with Crippen molar-refractivity contribution in [2.24, 2.45) is 0 Å². The molecule has 0 aliphatic rings. The van der Waals surface area contributed by atoms with Crippen molar-refractivity contribution in [2.75, 3.05) is 11.9 Å². The van der Waals surface area contributed by atoms with Gasteiger partial charge in [-0.15, -0.1) is 0 Å². The van der Waals surface area contributed by atoms with Gasteiger partial charge in [-0.2, -0.15) is 5.10 Å². The highest BCUT2D eigenvalue weighted by molar-refractivity contribution is 9.10. The zero-order valence-electron chi connectivity index (χ0n) is 16.9. The summed E-state index contributed by atoms with van der Waals surface area (Å²) in [6.07, 6.45) is 4.03. The lowest BCUT2D eigenvalue weighted by Gasteiger charge is -2.19. The number of anilines is 1. The summed E-state index contributed by atoms with van der Waals surface area (Å²) in [7, 11) is 2.01. The van der Waals surface area contributed by atoms with Crippen LogP contribution in [0.3, 0.4) is 0 Å². The second-order valence-corrected chi connectivity index (χ2v) is 8.13. The lowest BCUT2D eigenvalue weighted by molar-refractivity contribution is 0.0696. The Bertz CT molecular complexity index is 1200. The number of carboxylic acid groups (broad SMARTS) is 1. The smallest absolute Gasteiger partial charge is 0.335 e. The molecule has 2 aromatic carbocycles. The molecule has 2 heterocycles. The van der Waals surface area contributed by atoms with E-state index < -0.39 is 5.97 Å². The van der Waals surface area contributed by atoms with Gasteiger partial charge in [0.05, 0.1) is 21.9 Å². The highest BCUT2D eigenvalue weighted by Crippen LogP contribution is 2.27. The third-order valence-electron chi connectivity index (χ3n) is 5.11. The van der Waals surface area contributed by atoms with E-state index in [2.05, 4.69) is 60.3 Å². The molecule has 156 valence electrons. The third kappa shape index (κ3) is 4.67. The molecule has 0 saturated carbocycles. The maximum atomic E-state index is 11.5. The minimum absolute atomic E-state index is 0.314. The second-order valence-electron chi connectivity index (χ2n) is 7.27. The molecule has 0 bridgehead atoms. The van der Waals surface area contributed by atoms with E-state index in [0.717, 1.165) is 44.8 Å². The van der Waals surface area contributed by atoms with Crippen LogP contribution < -0.4 is 4.90 Å². The Balaban J connectivity index is 1.53. The third-order valence-corrected chi connectivity index (χ3v) is 5.73. The normalized spacial score (nSPS) is 10.8. The van der Waals surface area contributed by atoms with E-state index in [1.54, 1.807) is 24.5 Å². The number of nitrogens with one attached hydrogen (secondary N) is 1. The van der Waals surface area contributed by atoms with Crippen molar-refractivity contribution in [1.29, 1.82) is 0 Å². The number of halogens is 1. The number of rotatable bonds is 7. The number of carbonyl (C=O) groups is 1. The first-order valence-electron chi connectivity index (χ1n) is 9.77. The van der Waals surface area contributed by atoms with Crippen molar-refractivity contribution in [3.05, 3.63) is 99.8 Å². The van der Waals surface area contributed by atoms with Crippen molar-refractivity contribution in [2.45, 2.75) is 13.0 Å². The molecule has 0 fully saturated rings. The number of hydrogen-bond acceptors (Lipinski definition) is 4. The van der Waals surface area contributed by atoms with Crippen LogP contribution in [0.1, 0.15) is 27.0 Å². The van der Waals surface area contributed by atoms with E-state index in [9.17, 15) is 9.90 Å². The summed E-state index contributed by atoms with van der Waals surface area (Å²) in [5.41, 5.74) is 5.08. The van der Waals surface area contributed by atoms with Gasteiger partial charge in [0.15, 0.2) is 0 Å². The molecule has 0 atom stereocenters. The fourth-order valence-electron chi connectivity index (χ4n) is 3.57. The van der Waals surface area contributed by atoms with Crippen molar-refractivity contribution in [3.8, 4) is 11.3 Å². The van der Waals surface area contributed by atoms with Gasteiger partial charge < -0.3 is 10.0 Å². The van der Waals surface area contributed by atoms with Gasteiger partial charge >= 0.3 is 5.97 Å². The standard InChI is InChI=1S/C24H21BrN4O2/c1-29(23-21(25)7-4-12-26-23)15-16-8-10-17(11-9-16)22-19(14-27-28-22)13-18-5-2-3-6-20(18)24(30)31/h2-12,14H,13,15H2,1H3,(H,27,28)(H,30,31). The molecule has 0 unspecified atom stereocenters. The average Bonchev–Trinajstić information content (AvgIpc) is 3.23. The highest BCUT2D eigenvalue weighted by Gasteiger charge is 2.14. The van der Waals surface area contributed by atoms with Crippen LogP contribution in [0.15, 0.2) is 77.5 Å². The van der Waals surface area contributed by atoms with E-state index in [-0.39, 0.29) is 0 Å². The van der Waals surface area contributed by atoms with Gasteiger partial charge in [-0.25, -0.2) is 9.78 Å². The number of pyridine rings is 1.